The van der Waals surface area contributed by atoms with Crippen LogP contribution in [0.15, 0.2) is 0 Å². The van der Waals surface area contributed by atoms with E-state index in [-0.39, 0.29) is 0 Å². The second-order valence-electron chi connectivity index (χ2n) is 4.81. The summed E-state index contributed by atoms with van der Waals surface area (Å²) < 4.78 is 0. The van der Waals surface area contributed by atoms with E-state index in [4.69, 9.17) is 18.0 Å². The summed E-state index contributed by atoms with van der Waals surface area (Å²) in [5, 5.41) is 0. The van der Waals surface area contributed by atoms with E-state index in [9.17, 15) is 0 Å². The van der Waals surface area contributed by atoms with Crippen molar-refractivity contribution in [1.29, 1.82) is 0 Å². The van der Waals surface area contributed by atoms with Gasteiger partial charge in [0.15, 0.2) is 0 Å². The molecule has 0 saturated carbocycles. The molecule has 0 amide bonds. The zero-order valence-corrected chi connectivity index (χ0v) is 10.3. The van der Waals surface area contributed by atoms with Gasteiger partial charge in [0.25, 0.3) is 0 Å². The Morgan fingerprint density at radius 1 is 1.50 bits per heavy atom. The van der Waals surface area contributed by atoms with Gasteiger partial charge in [0.05, 0.1) is 4.99 Å². The summed E-state index contributed by atoms with van der Waals surface area (Å²) in [5.74, 6) is 1.67. The fourth-order valence-electron chi connectivity index (χ4n) is 2.18. The van der Waals surface area contributed by atoms with Gasteiger partial charge in [-0.2, -0.15) is 0 Å². The molecule has 1 heterocycles. The van der Waals surface area contributed by atoms with Crippen LogP contribution in [0.25, 0.3) is 0 Å². The highest BCUT2D eigenvalue weighted by molar-refractivity contribution is 7.80. The number of thiocarbonyl (C=S) groups is 1. The number of nitrogens with zero attached hydrogens (tertiary/aromatic N) is 1. The van der Waals surface area contributed by atoms with Crippen molar-refractivity contribution in [2.24, 2.45) is 17.6 Å². The highest BCUT2D eigenvalue weighted by Crippen LogP contribution is 2.25. The molecule has 0 aromatic rings. The molecular weight excluding hydrogens is 192 g/mol. The molecule has 0 aromatic heterocycles. The predicted molar refractivity (Wildman–Crippen MR) is 65.4 cm³/mol. The van der Waals surface area contributed by atoms with Gasteiger partial charge >= 0.3 is 0 Å². The lowest BCUT2D eigenvalue weighted by molar-refractivity contribution is 0.244. The van der Waals surface area contributed by atoms with Gasteiger partial charge in [0.2, 0.25) is 0 Å². The van der Waals surface area contributed by atoms with Crippen LogP contribution in [-0.2, 0) is 0 Å². The van der Waals surface area contributed by atoms with E-state index < -0.39 is 0 Å². The summed E-state index contributed by atoms with van der Waals surface area (Å²) in [6, 6.07) is 0.524. The summed E-state index contributed by atoms with van der Waals surface area (Å²) in [6.45, 7) is 9.29. The fourth-order valence-corrected chi connectivity index (χ4v) is 2.42. The second-order valence-corrected chi connectivity index (χ2v) is 5.33. The molecule has 1 aliphatic rings. The predicted octanol–water partition coefficient (Wildman–Crippen LogP) is 2.03. The largest absolute Gasteiger partial charge is 0.393 e. The van der Waals surface area contributed by atoms with E-state index in [2.05, 4.69) is 25.7 Å². The molecule has 1 fully saturated rings. The van der Waals surface area contributed by atoms with E-state index in [0.29, 0.717) is 11.0 Å². The normalized spacial score (nSPS) is 25.6. The third-order valence-electron chi connectivity index (χ3n) is 3.32. The molecule has 14 heavy (non-hydrogen) atoms. The van der Waals surface area contributed by atoms with Gasteiger partial charge in [-0.15, -0.1) is 0 Å². The van der Waals surface area contributed by atoms with Crippen LogP contribution in [0.4, 0.5) is 0 Å². The quantitative estimate of drug-likeness (QED) is 0.726. The van der Waals surface area contributed by atoms with Crippen molar-refractivity contribution in [3.8, 4) is 0 Å². The summed E-state index contributed by atoms with van der Waals surface area (Å²) in [4.78, 5) is 3.16. The average Bonchev–Trinajstić information content (AvgIpc) is 2.50. The first-order valence-electron chi connectivity index (χ1n) is 5.53. The molecule has 82 valence electrons. The molecular formula is C11H22N2S. The Bertz CT molecular complexity index is 203. The Labute approximate surface area is 92.8 Å². The van der Waals surface area contributed by atoms with Gasteiger partial charge in [-0.3, -0.25) is 4.90 Å². The number of likely N-dealkylation sites (tertiary alicyclic amines) is 1. The molecule has 0 aliphatic carbocycles. The van der Waals surface area contributed by atoms with Gasteiger partial charge in [0, 0.05) is 19.0 Å². The average molecular weight is 214 g/mol. The van der Waals surface area contributed by atoms with Crippen molar-refractivity contribution < 1.29 is 0 Å². The van der Waals surface area contributed by atoms with Gasteiger partial charge in [-0.1, -0.05) is 26.1 Å². The summed E-state index contributed by atoms with van der Waals surface area (Å²) in [5.41, 5.74) is 5.56. The van der Waals surface area contributed by atoms with Crippen LogP contribution >= 0.6 is 12.2 Å². The van der Waals surface area contributed by atoms with Gasteiger partial charge in [0.1, 0.15) is 0 Å². The molecule has 2 nitrogen and oxygen atoms in total. The van der Waals surface area contributed by atoms with Crippen LogP contribution < -0.4 is 5.73 Å². The van der Waals surface area contributed by atoms with E-state index in [1.54, 1.807) is 0 Å². The summed E-state index contributed by atoms with van der Waals surface area (Å²) in [6.07, 6.45) is 2.19. The second kappa shape index (κ2) is 5.08. The Morgan fingerprint density at radius 2 is 2.14 bits per heavy atom. The van der Waals surface area contributed by atoms with Crippen molar-refractivity contribution in [2.45, 2.75) is 39.7 Å². The molecule has 1 aliphatic heterocycles. The van der Waals surface area contributed by atoms with Crippen molar-refractivity contribution in [3.63, 3.8) is 0 Å². The molecule has 2 unspecified atom stereocenters. The maximum absolute atomic E-state index is 5.56. The zero-order chi connectivity index (χ0) is 10.7. The third kappa shape index (κ3) is 3.21. The number of nitrogens with two attached hydrogens (primary N) is 1. The molecule has 0 radical (unpaired) electrons. The number of rotatable bonds is 4. The maximum Gasteiger partial charge on any atom is 0.0742 e. The van der Waals surface area contributed by atoms with Crippen LogP contribution in [-0.4, -0.2) is 29.0 Å². The SMILES string of the molecule is CC(C)C1CCN(C(C)CC(N)=S)C1. The van der Waals surface area contributed by atoms with Crippen molar-refractivity contribution in [3.05, 3.63) is 0 Å². The smallest absolute Gasteiger partial charge is 0.0742 e. The lowest BCUT2D eigenvalue weighted by atomic mass is 9.95. The molecule has 3 heteroatoms. The Hall–Kier alpha value is -0.150. The number of hydrogen-bond acceptors (Lipinski definition) is 2. The first-order chi connectivity index (χ1) is 6.50. The lowest BCUT2D eigenvalue weighted by Crippen LogP contribution is -2.34. The topological polar surface area (TPSA) is 29.3 Å². The Morgan fingerprint density at radius 3 is 2.57 bits per heavy atom. The Kier molecular flexibility index (Phi) is 4.32. The van der Waals surface area contributed by atoms with Crippen LogP contribution in [0.1, 0.15) is 33.6 Å². The fraction of sp³-hybridized carbons (Fsp3) is 0.909. The summed E-state index contributed by atoms with van der Waals surface area (Å²) >= 11 is 4.94. The molecule has 2 atom stereocenters. The maximum atomic E-state index is 5.56. The molecule has 1 saturated heterocycles. The number of hydrogen-bond donors (Lipinski definition) is 1. The molecule has 0 spiro atoms. The minimum atomic E-state index is 0.524. The van der Waals surface area contributed by atoms with Crippen LogP contribution in [0.2, 0.25) is 0 Å². The van der Waals surface area contributed by atoms with E-state index in [0.717, 1.165) is 18.3 Å². The van der Waals surface area contributed by atoms with Gasteiger partial charge in [-0.05, 0) is 31.7 Å². The summed E-state index contributed by atoms with van der Waals surface area (Å²) in [7, 11) is 0. The molecule has 0 bridgehead atoms. The standard InChI is InChI=1S/C11H22N2S/c1-8(2)10-4-5-13(7-10)9(3)6-11(12)14/h8-10H,4-7H2,1-3H3,(H2,12,14). The Balaban J connectivity index is 2.37. The lowest BCUT2D eigenvalue weighted by Gasteiger charge is -2.24. The van der Waals surface area contributed by atoms with Crippen LogP contribution in [0.3, 0.4) is 0 Å². The first kappa shape index (κ1) is 11.9. The van der Waals surface area contributed by atoms with E-state index in [1.807, 2.05) is 0 Å². The molecule has 2 N–H and O–H groups in total. The van der Waals surface area contributed by atoms with E-state index >= 15 is 0 Å². The van der Waals surface area contributed by atoms with Crippen LogP contribution in [0, 0.1) is 11.8 Å². The highest BCUT2D eigenvalue weighted by Gasteiger charge is 2.27. The third-order valence-corrected chi connectivity index (χ3v) is 3.49. The first-order valence-corrected chi connectivity index (χ1v) is 5.94. The molecule has 0 aromatic carbocycles. The van der Waals surface area contributed by atoms with Gasteiger partial charge in [-0.25, -0.2) is 0 Å². The van der Waals surface area contributed by atoms with Crippen molar-refractivity contribution in [1.82, 2.24) is 4.90 Å². The van der Waals surface area contributed by atoms with Crippen molar-refractivity contribution in [2.75, 3.05) is 13.1 Å². The minimum Gasteiger partial charge on any atom is -0.393 e. The monoisotopic (exact) mass is 214 g/mol. The van der Waals surface area contributed by atoms with Gasteiger partial charge < -0.3 is 5.73 Å². The minimum absolute atomic E-state index is 0.524. The zero-order valence-electron chi connectivity index (χ0n) is 9.49. The molecule has 1 rings (SSSR count). The van der Waals surface area contributed by atoms with E-state index in [1.165, 1.54) is 19.5 Å². The van der Waals surface area contributed by atoms with Crippen LogP contribution in [0.5, 0.6) is 0 Å². The highest BCUT2D eigenvalue weighted by atomic mass is 32.1. The van der Waals surface area contributed by atoms with Crippen molar-refractivity contribution >= 4 is 17.2 Å².